The van der Waals surface area contributed by atoms with Crippen LogP contribution in [0.25, 0.3) is 5.52 Å². The van der Waals surface area contributed by atoms with Crippen LogP contribution in [0.4, 0.5) is 0 Å². The largest absolute Gasteiger partial charge is 0.465 e. The van der Waals surface area contributed by atoms with Crippen molar-refractivity contribution in [1.82, 2.24) is 4.40 Å². The second-order valence-corrected chi connectivity index (χ2v) is 4.33. The second kappa shape index (κ2) is 6.19. The molecule has 2 aromatic heterocycles. The van der Waals surface area contributed by atoms with Crippen molar-refractivity contribution in [3.05, 3.63) is 40.7 Å². The number of carbonyl (C=O) groups is 3. The van der Waals surface area contributed by atoms with Gasteiger partial charge in [-0.3, -0.25) is 0 Å². The number of carbonyl (C=O) groups excluding carboxylic acids is 3. The quantitative estimate of drug-likeness (QED) is 0.618. The summed E-state index contributed by atoms with van der Waals surface area (Å²) < 4.78 is 15.3. The third kappa shape index (κ3) is 2.38. The molecule has 23 heavy (non-hydrogen) atoms. The number of esters is 3. The Bertz CT molecular complexity index is 859. The van der Waals surface area contributed by atoms with E-state index in [0.29, 0.717) is 0 Å². The highest BCUT2D eigenvalue weighted by Crippen LogP contribution is 2.28. The van der Waals surface area contributed by atoms with E-state index in [0.717, 1.165) is 14.2 Å². The fourth-order valence-corrected chi connectivity index (χ4v) is 2.29. The van der Waals surface area contributed by atoms with Gasteiger partial charge in [0.15, 0.2) is 0 Å². The Balaban J connectivity index is 3.05. The standard InChI is InChI=1S/C15H12N2O6/c1-21-13(18)8-5-4-6-17-9(7-16)10(14(19)22-2)11(12(8)17)15(20)23-3/h4-6H,1-3H3. The van der Waals surface area contributed by atoms with Gasteiger partial charge >= 0.3 is 17.9 Å². The molecule has 2 heterocycles. The molecule has 8 nitrogen and oxygen atoms in total. The number of pyridine rings is 1. The molecule has 0 bridgehead atoms. The van der Waals surface area contributed by atoms with E-state index in [-0.39, 0.29) is 27.9 Å². The van der Waals surface area contributed by atoms with Crippen molar-refractivity contribution in [3.8, 4) is 6.07 Å². The second-order valence-electron chi connectivity index (χ2n) is 4.33. The average Bonchev–Trinajstić information content (AvgIpc) is 2.93. The maximum absolute atomic E-state index is 12.2. The van der Waals surface area contributed by atoms with E-state index < -0.39 is 17.9 Å². The number of hydrogen-bond acceptors (Lipinski definition) is 7. The fourth-order valence-electron chi connectivity index (χ4n) is 2.29. The summed E-state index contributed by atoms with van der Waals surface area (Å²) in [5.41, 5.74) is -0.571. The van der Waals surface area contributed by atoms with Crippen LogP contribution in [-0.4, -0.2) is 43.6 Å². The summed E-state index contributed by atoms with van der Waals surface area (Å²) in [6, 6.07) is 4.74. The molecule has 2 rings (SSSR count). The van der Waals surface area contributed by atoms with Crippen molar-refractivity contribution in [2.24, 2.45) is 0 Å². The van der Waals surface area contributed by atoms with Crippen molar-refractivity contribution in [3.63, 3.8) is 0 Å². The van der Waals surface area contributed by atoms with Crippen molar-refractivity contribution in [1.29, 1.82) is 5.26 Å². The molecule has 0 unspecified atom stereocenters. The Labute approximate surface area is 130 Å². The molecule has 0 amide bonds. The van der Waals surface area contributed by atoms with Crippen LogP contribution in [0, 0.1) is 11.3 Å². The molecule has 0 aliphatic rings. The third-order valence-corrected chi connectivity index (χ3v) is 3.25. The van der Waals surface area contributed by atoms with E-state index in [1.807, 2.05) is 6.07 Å². The Morgan fingerprint density at radius 1 is 1.00 bits per heavy atom. The molecule has 8 heteroatoms. The summed E-state index contributed by atoms with van der Waals surface area (Å²) >= 11 is 0. The van der Waals surface area contributed by atoms with Gasteiger partial charge in [-0.05, 0) is 12.1 Å². The predicted molar refractivity (Wildman–Crippen MR) is 76.1 cm³/mol. The lowest BCUT2D eigenvalue weighted by molar-refractivity contribution is 0.0557. The molecule has 0 saturated carbocycles. The zero-order valence-corrected chi connectivity index (χ0v) is 12.6. The van der Waals surface area contributed by atoms with E-state index in [1.54, 1.807) is 0 Å². The van der Waals surface area contributed by atoms with Crippen molar-refractivity contribution < 1.29 is 28.6 Å². The zero-order valence-electron chi connectivity index (χ0n) is 12.6. The molecule has 2 aromatic rings. The van der Waals surface area contributed by atoms with Crippen LogP contribution in [-0.2, 0) is 14.2 Å². The van der Waals surface area contributed by atoms with Gasteiger partial charge in [0.25, 0.3) is 0 Å². The van der Waals surface area contributed by atoms with Gasteiger partial charge < -0.3 is 18.6 Å². The molecule has 0 radical (unpaired) electrons. The zero-order chi connectivity index (χ0) is 17.1. The van der Waals surface area contributed by atoms with E-state index >= 15 is 0 Å². The SMILES string of the molecule is COC(=O)c1c(C(=O)OC)c2c(C(=O)OC)cccn2c1C#N. The van der Waals surface area contributed by atoms with E-state index in [2.05, 4.69) is 14.2 Å². The van der Waals surface area contributed by atoms with Crippen molar-refractivity contribution >= 4 is 23.4 Å². The summed E-state index contributed by atoms with van der Waals surface area (Å²) in [5.74, 6) is -2.48. The minimum atomic E-state index is -0.888. The number of hydrogen-bond donors (Lipinski definition) is 0. The molecule has 0 aromatic carbocycles. The monoisotopic (exact) mass is 316 g/mol. The van der Waals surface area contributed by atoms with Crippen LogP contribution >= 0.6 is 0 Å². The van der Waals surface area contributed by atoms with Crippen LogP contribution in [0.3, 0.4) is 0 Å². The molecule has 0 fully saturated rings. The van der Waals surface area contributed by atoms with Crippen LogP contribution in [0.1, 0.15) is 36.8 Å². The molecule has 0 N–H and O–H groups in total. The lowest BCUT2D eigenvalue weighted by atomic mass is 10.1. The van der Waals surface area contributed by atoms with Gasteiger partial charge in [-0.2, -0.15) is 5.26 Å². The Morgan fingerprint density at radius 3 is 2.09 bits per heavy atom. The lowest BCUT2D eigenvalue weighted by Crippen LogP contribution is -2.12. The highest BCUT2D eigenvalue weighted by Gasteiger charge is 2.32. The minimum absolute atomic E-state index is 0.0158. The van der Waals surface area contributed by atoms with Gasteiger partial charge in [-0.1, -0.05) is 0 Å². The Hall–Kier alpha value is -3.34. The minimum Gasteiger partial charge on any atom is -0.465 e. The van der Waals surface area contributed by atoms with Crippen LogP contribution in [0.15, 0.2) is 18.3 Å². The molecular weight excluding hydrogens is 304 g/mol. The highest BCUT2D eigenvalue weighted by atomic mass is 16.5. The summed E-state index contributed by atoms with van der Waals surface area (Å²) in [5, 5.41) is 9.37. The lowest BCUT2D eigenvalue weighted by Gasteiger charge is -2.05. The van der Waals surface area contributed by atoms with E-state index in [1.165, 1.54) is 29.8 Å². The summed E-state index contributed by atoms with van der Waals surface area (Å²) in [4.78, 5) is 36.2. The Kier molecular flexibility index (Phi) is 4.32. The maximum atomic E-state index is 12.2. The van der Waals surface area contributed by atoms with Crippen LogP contribution in [0.5, 0.6) is 0 Å². The predicted octanol–water partition coefficient (Wildman–Crippen LogP) is 1.17. The van der Waals surface area contributed by atoms with E-state index in [9.17, 15) is 19.6 Å². The molecule has 0 aliphatic heterocycles. The van der Waals surface area contributed by atoms with Gasteiger partial charge in [0.2, 0.25) is 0 Å². The maximum Gasteiger partial charge on any atom is 0.341 e. The number of fused-ring (bicyclic) bond motifs is 1. The number of rotatable bonds is 3. The first-order chi connectivity index (χ1) is 11.0. The normalized spacial score (nSPS) is 10.0. The first-order valence-corrected chi connectivity index (χ1v) is 6.33. The smallest absolute Gasteiger partial charge is 0.341 e. The number of methoxy groups -OCH3 is 3. The molecular formula is C15H12N2O6. The summed E-state index contributed by atoms with van der Waals surface area (Å²) in [7, 11) is 3.42. The molecule has 0 saturated heterocycles. The number of nitriles is 1. The average molecular weight is 316 g/mol. The first kappa shape index (κ1) is 16.0. The van der Waals surface area contributed by atoms with Crippen molar-refractivity contribution in [2.75, 3.05) is 21.3 Å². The number of nitrogens with zero attached hydrogens (tertiary/aromatic N) is 2. The van der Waals surface area contributed by atoms with E-state index in [4.69, 9.17) is 0 Å². The van der Waals surface area contributed by atoms with Crippen molar-refractivity contribution in [2.45, 2.75) is 0 Å². The van der Waals surface area contributed by atoms with Gasteiger partial charge in [-0.25, -0.2) is 14.4 Å². The van der Waals surface area contributed by atoms with Gasteiger partial charge in [0.1, 0.15) is 22.9 Å². The number of ether oxygens (including phenoxy) is 3. The van der Waals surface area contributed by atoms with Crippen LogP contribution in [0.2, 0.25) is 0 Å². The summed E-state index contributed by atoms with van der Waals surface area (Å²) in [6.07, 6.45) is 1.44. The third-order valence-electron chi connectivity index (χ3n) is 3.25. The Morgan fingerprint density at radius 2 is 1.57 bits per heavy atom. The number of aromatic nitrogens is 1. The molecule has 0 aliphatic carbocycles. The molecule has 0 atom stereocenters. The molecule has 118 valence electrons. The highest BCUT2D eigenvalue weighted by molar-refractivity contribution is 6.14. The first-order valence-electron chi connectivity index (χ1n) is 6.33. The van der Waals surface area contributed by atoms with Gasteiger partial charge in [0, 0.05) is 6.20 Å². The topological polar surface area (TPSA) is 107 Å². The summed E-state index contributed by atoms with van der Waals surface area (Å²) in [6.45, 7) is 0. The van der Waals surface area contributed by atoms with Crippen LogP contribution < -0.4 is 0 Å². The van der Waals surface area contributed by atoms with Gasteiger partial charge in [0.05, 0.1) is 32.4 Å². The fraction of sp³-hybridized carbons (Fsp3) is 0.200. The van der Waals surface area contributed by atoms with Gasteiger partial charge in [-0.15, -0.1) is 0 Å². The molecule has 0 spiro atoms.